The molecule has 0 saturated carbocycles. The molecule has 0 aliphatic carbocycles. The van der Waals surface area contributed by atoms with Gasteiger partial charge in [-0.1, -0.05) is 37.3 Å². The molecule has 0 bridgehead atoms. The summed E-state index contributed by atoms with van der Waals surface area (Å²) >= 11 is 0. The zero-order valence-corrected chi connectivity index (χ0v) is 16.9. The van der Waals surface area contributed by atoms with E-state index in [1.54, 1.807) is 18.2 Å². The van der Waals surface area contributed by atoms with Crippen LogP contribution in [0.15, 0.2) is 71.5 Å². The van der Waals surface area contributed by atoms with Crippen molar-refractivity contribution in [2.24, 2.45) is 0 Å². The average molecular weight is 421 g/mol. The van der Waals surface area contributed by atoms with E-state index in [9.17, 15) is 13.6 Å². The Morgan fingerprint density at radius 3 is 2.52 bits per heavy atom. The number of nitrogens with zero attached hydrogens (tertiary/aromatic N) is 1. The number of fused-ring (bicyclic) bond motifs is 1. The molecule has 4 rings (SSSR count). The van der Waals surface area contributed by atoms with Crippen molar-refractivity contribution in [3.05, 3.63) is 94.3 Å². The fourth-order valence-electron chi connectivity index (χ4n) is 3.37. The number of ether oxygens (including phenoxy) is 1. The largest absolute Gasteiger partial charge is 0.454 e. The van der Waals surface area contributed by atoms with E-state index in [0.717, 1.165) is 29.5 Å². The summed E-state index contributed by atoms with van der Waals surface area (Å²) in [5.41, 5.74) is 0.894. The smallest absolute Gasteiger partial charge is 0.272 e. The predicted molar refractivity (Wildman–Crippen MR) is 117 cm³/mol. The van der Waals surface area contributed by atoms with E-state index in [4.69, 9.17) is 4.74 Å². The molecule has 5 nitrogen and oxygen atoms in total. The fraction of sp³-hybridized carbons (Fsp3) is 0.167. The van der Waals surface area contributed by atoms with Crippen molar-refractivity contribution in [1.29, 1.82) is 0 Å². The molecule has 1 unspecified atom stereocenters. The second-order valence-electron chi connectivity index (χ2n) is 7.31. The van der Waals surface area contributed by atoms with E-state index in [1.165, 1.54) is 6.07 Å². The molecule has 0 aliphatic heterocycles. The highest BCUT2D eigenvalue weighted by Crippen LogP contribution is 2.27. The fourth-order valence-corrected chi connectivity index (χ4v) is 3.37. The Kier molecular flexibility index (Phi) is 5.93. The molecule has 1 aromatic heterocycles. The number of rotatable bonds is 7. The summed E-state index contributed by atoms with van der Waals surface area (Å²) in [5.74, 6) is -0.0410. The average Bonchev–Trinajstić information content (AvgIpc) is 2.78. The van der Waals surface area contributed by atoms with Gasteiger partial charge in [0.25, 0.3) is 5.56 Å². The number of halogens is 2. The van der Waals surface area contributed by atoms with Gasteiger partial charge in [-0.05, 0) is 48.2 Å². The Morgan fingerprint density at radius 1 is 1.03 bits per heavy atom. The van der Waals surface area contributed by atoms with Gasteiger partial charge in [-0.2, -0.15) is 5.10 Å². The van der Waals surface area contributed by atoms with Crippen LogP contribution in [-0.4, -0.2) is 16.7 Å². The highest BCUT2D eigenvalue weighted by molar-refractivity contribution is 5.90. The Balaban J connectivity index is 1.37. The van der Waals surface area contributed by atoms with Crippen molar-refractivity contribution in [2.75, 3.05) is 11.9 Å². The van der Waals surface area contributed by atoms with Gasteiger partial charge in [0.1, 0.15) is 11.6 Å². The first-order chi connectivity index (χ1) is 15.0. The minimum absolute atomic E-state index is 0.0213. The normalized spacial score (nSPS) is 12.0. The van der Waals surface area contributed by atoms with Crippen molar-refractivity contribution in [3.63, 3.8) is 0 Å². The van der Waals surface area contributed by atoms with Gasteiger partial charge in [-0.15, -0.1) is 0 Å². The third-order valence-electron chi connectivity index (χ3n) is 5.14. The molecule has 0 saturated heterocycles. The maximum atomic E-state index is 13.7. The number of aromatic nitrogens is 2. The van der Waals surface area contributed by atoms with Gasteiger partial charge in [0, 0.05) is 18.0 Å². The lowest BCUT2D eigenvalue weighted by Crippen LogP contribution is -2.13. The molecular formula is C24H21F2N3O2. The standard InChI is InChI=1S/C24H21F2N3O2/c1-15(12-13-27-23-19-4-2-3-5-20(19)24(30)29-28-23)16-6-9-18(10-7-16)31-22-11-8-17(25)14-21(22)26/h2-11,14-15H,12-13H2,1H3,(H,27,28)(H,29,30). The zero-order chi connectivity index (χ0) is 21.8. The van der Waals surface area contributed by atoms with Gasteiger partial charge >= 0.3 is 0 Å². The summed E-state index contributed by atoms with van der Waals surface area (Å²) in [4.78, 5) is 11.9. The molecule has 31 heavy (non-hydrogen) atoms. The summed E-state index contributed by atoms with van der Waals surface area (Å²) in [6.07, 6.45) is 0.835. The second-order valence-corrected chi connectivity index (χ2v) is 7.31. The first-order valence-corrected chi connectivity index (χ1v) is 9.95. The van der Waals surface area contributed by atoms with Gasteiger partial charge in [0.15, 0.2) is 17.4 Å². The van der Waals surface area contributed by atoms with E-state index in [0.29, 0.717) is 23.5 Å². The van der Waals surface area contributed by atoms with E-state index in [1.807, 2.05) is 30.3 Å². The van der Waals surface area contributed by atoms with Gasteiger partial charge < -0.3 is 10.1 Å². The first-order valence-electron chi connectivity index (χ1n) is 9.95. The lowest BCUT2D eigenvalue weighted by atomic mass is 9.98. The number of aromatic amines is 1. The third kappa shape index (κ3) is 4.71. The number of hydrogen-bond acceptors (Lipinski definition) is 4. The molecule has 3 aromatic carbocycles. The monoisotopic (exact) mass is 421 g/mol. The van der Waals surface area contributed by atoms with E-state index >= 15 is 0 Å². The summed E-state index contributed by atoms with van der Waals surface area (Å²) in [5, 5.41) is 11.3. The van der Waals surface area contributed by atoms with Crippen LogP contribution >= 0.6 is 0 Å². The summed E-state index contributed by atoms with van der Waals surface area (Å²) < 4.78 is 32.3. The van der Waals surface area contributed by atoms with Crippen molar-refractivity contribution >= 4 is 16.6 Å². The Hall–Kier alpha value is -3.74. The zero-order valence-electron chi connectivity index (χ0n) is 16.9. The molecule has 1 heterocycles. The van der Waals surface area contributed by atoms with Crippen molar-refractivity contribution < 1.29 is 13.5 Å². The minimum Gasteiger partial charge on any atom is -0.454 e. The van der Waals surface area contributed by atoms with Crippen LogP contribution in [0.4, 0.5) is 14.6 Å². The van der Waals surface area contributed by atoms with Crippen LogP contribution < -0.4 is 15.6 Å². The summed E-state index contributed by atoms with van der Waals surface area (Å²) in [6, 6.07) is 17.9. The third-order valence-corrected chi connectivity index (χ3v) is 5.14. The van der Waals surface area contributed by atoms with Crippen LogP contribution in [0.5, 0.6) is 11.5 Å². The second kappa shape index (κ2) is 8.95. The van der Waals surface area contributed by atoms with E-state index in [2.05, 4.69) is 22.4 Å². The van der Waals surface area contributed by atoms with Crippen molar-refractivity contribution in [1.82, 2.24) is 10.2 Å². The summed E-state index contributed by atoms with van der Waals surface area (Å²) in [6.45, 7) is 2.78. The highest BCUT2D eigenvalue weighted by Gasteiger charge is 2.10. The van der Waals surface area contributed by atoms with Crippen LogP contribution in [0.2, 0.25) is 0 Å². The quantitative estimate of drug-likeness (QED) is 0.408. The topological polar surface area (TPSA) is 67.0 Å². The molecule has 7 heteroatoms. The van der Waals surface area contributed by atoms with E-state index < -0.39 is 11.6 Å². The number of anilines is 1. The molecule has 0 aliphatic rings. The molecule has 0 spiro atoms. The molecule has 0 radical (unpaired) electrons. The van der Waals surface area contributed by atoms with Gasteiger partial charge in [-0.25, -0.2) is 13.9 Å². The van der Waals surface area contributed by atoms with Crippen LogP contribution in [0.25, 0.3) is 10.8 Å². The van der Waals surface area contributed by atoms with Crippen molar-refractivity contribution in [3.8, 4) is 11.5 Å². The highest BCUT2D eigenvalue weighted by atomic mass is 19.1. The van der Waals surface area contributed by atoms with Crippen molar-refractivity contribution in [2.45, 2.75) is 19.3 Å². The minimum atomic E-state index is -0.744. The van der Waals surface area contributed by atoms with Crippen LogP contribution in [0.3, 0.4) is 0 Å². The SMILES string of the molecule is CC(CCNc1n[nH]c(=O)c2ccccc12)c1ccc(Oc2ccc(F)cc2F)cc1. The predicted octanol–water partition coefficient (Wildman–Crippen LogP) is 5.60. The van der Waals surface area contributed by atoms with Gasteiger partial charge in [0.05, 0.1) is 5.39 Å². The number of benzene rings is 3. The molecular weight excluding hydrogens is 400 g/mol. The molecule has 0 amide bonds. The molecule has 1 atom stereocenters. The van der Waals surface area contributed by atoms with Crippen LogP contribution in [-0.2, 0) is 0 Å². The Bertz CT molecular complexity index is 1260. The van der Waals surface area contributed by atoms with E-state index in [-0.39, 0.29) is 17.2 Å². The lowest BCUT2D eigenvalue weighted by Gasteiger charge is -2.14. The molecule has 4 aromatic rings. The number of H-pyrrole nitrogens is 1. The number of nitrogens with one attached hydrogen (secondary N) is 2. The summed E-state index contributed by atoms with van der Waals surface area (Å²) in [7, 11) is 0. The Labute approximate surface area is 177 Å². The maximum absolute atomic E-state index is 13.7. The lowest BCUT2D eigenvalue weighted by molar-refractivity contribution is 0.437. The molecule has 2 N–H and O–H groups in total. The number of hydrogen-bond donors (Lipinski definition) is 2. The first kappa shape index (κ1) is 20.5. The van der Waals surface area contributed by atoms with Gasteiger partial charge in [-0.3, -0.25) is 4.79 Å². The van der Waals surface area contributed by atoms with Crippen LogP contribution in [0.1, 0.15) is 24.8 Å². The Morgan fingerprint density at radius 2 is 1.77 bits per heavy atom. The molecule has 158 valence electrons. The molecule has 0 fully saturated rings. The van der Waals surface area contributed by atoms with Crippen LogP contribution in [0, 0.1) is 11.6 Å². The van der Waals surface area contributed by atoms with Gasteiger partial charge in [0.2, 0.25) is 0 Å². The maximum Gasteiger partial charge on any atom is 0.272 e.